The molecule has 2 nitrogen and oxygen atoms in total. The van der Waals surface area contributed by atoms with Crippen molar-refractivity contribution >= 4 is 50.5 Å². The summed E-state index contributed by atoms with van der Waals surface area (Å²) >= 11 is 0. The number of para-hydroxylation sites is 2. The van der Waals surface area contributed by atoms with Crippen molar-refractivity contribution in [1.29, 1.82) is 0 Å². The quantitative estimate of drug-likeness (QED) is 0.159. The number of hydrogen-bond donors (Lipinski definition) is 0. The van der Waals surface area contributed by atoms with Gasteiger partial charge in [-0.1, -0.05) is 146 Å². The lowest BCUT2D eigenvalue weighted by Crippen LogP contribution is -2.13. The zero-order valence-corrected chi connectivity index (χ0v) is 28.9. The highest BCUT2D eigenvalue weighted by Crippen LogP contribution is 2.43. The van der Waals surface area contributed by atoms with Crippen molar-refractivity contribution in [3.63, 3.8) is 0 Å². The zero-order chi connectivity index (χ0) is 34.7. The highest BCUT2D eigenvalue weighted by molar-refractivity contribution is 6.00. The van der Waals surface area contributed by atoms with Gasteiger partial charge >= 0.3 is 0 Å². The normalized spacial score (nSPS) is 14.7. The van der Waals surface area contributed by atoms with E-state index in [1.54, 1.807) is 0 Å². The molecule has 2 aliphatic rings. The molecule has 1 unspecified atom stereocenters. The van der Waals surface area contributed by atoms with Gasteiger partial charge in [0.1, 0.15) is 0 Å². The lowest BCUT2D eigenvalue weighted by Gasteiger charge is -2.30. The summed E-state index contributed by atoms with van der Waals surface area (Å²) in [6, 6.07) is 63.2. The van der Waals surface area contributed by atoms with Gasteiger partial charge in [-0.25, -0.2) is 0 Å². The number of allylic oxidation sites excluding steroid dienone is 8. The first-order valence-electron chi connectivity index (χ1n) is 18.0. The molecule has 0 bridgehead atoms. The van der Waals surface area contributed by atoms with E-state index in [2.05, 4.69) is 222 Å². The first kappa shape index (κ1) is 31.3. The third-order valence-corrected chi connectivity index (χ3v) is 10.1. The maximum Gasteiger partial charge on any atom is 0.0482 e. The molecule has 7 aromatic rings. The molecule has 248 valence electrons. The van der Waals surface area contributed by atoms with E-state index in [0.29, 0.717) is 5.92 Å². The van der Waals surface area contributed by atoms with E-state index in [1.165, 1.54) is 38.6 Å². The van der Waals surface area contributed by atoms with Gasteiger partial charge in [0.25, 0.3) is 0 Å². The van der Waals surface area contributed by atoms with Crippen LogP contribution in [-0.2, 0) is 0 Å². The summed E-state index contributed by atoms with van der Waals surface area (Å²) in [6.45, 7) is 0. The van der Waals surface area contributed by atoms with E-state index in [4.69, 9.17) is 0 Å². The fourth-order valence-electron chi connectivity index (χ4n) is 7.57. The van der Waals surface area contributed by atoms with Crippen LogP contribution < -0.4 is 9.80 Å². The Balaban J connectivity index is 1.18. The molecule has 2 aliphatic carbocycles. The molecule has 9 rings (SSSR count). The van der Waals surface area contributed by atoms with Crippen LogP contribution in [0.5, 0.6) is 0 Å². The average Bonchev–Trinajstić information content (AvgIpc) is 3.22. The standard InChI is InChI=1S/C50H38N2/c1-4-15-37(16-5-1)39-29-31-45(32-30-39)51(43-20-6-2-7-21-43)46-24-14-25-47(35-46)52(44-22-8-3-9-23-44)48-34-41-19-12-13-26-49(41)50(36-48)42-28-27-38-17-10-11-18-40(38)33-42/h1-26,28-36,38H,27H2. The van der Waals surface area contributed by atoms with E-state index < -0.39 is 0 Å². The first-order valence-corrected chi connectivity index (χ1v) is 18.0. The molecule has 1 atom stereocenters. The Morgan fingerprint density at radius 3 is 1.73 bits per heavy atom. The number of hydrogen-bond acceptors (Lipinski definition) is 2. The molecular formula is C50H38N2. The molecule has 0 heterocycles. The lowest BCUT2D eigenvalue weighted by atomic mass is 9.83. The summed E-state index contributed by atoms with van der Waals surface area (Å²) in [6.07, 6.45) is 14.7. The molecule has 0 amide bonds. The Kier molecular flexibility index (Phi) is 8.40. The summed E-state index contributed by atoms with van der Waals surface area (Å²) in [5.74, 6) is 0.453. The van der Waals surface area contributed by atoms with Crippen molar-refractivity contribution in [2.24, 2.45) is 5.92 Å². The smallest absolute Gasteiger partial charge is 0.0482 e. The minimum atomic E-state index is 0.453. The molecular weight excluding hydrogens is 629 g/mol. The van der Waals surface area contributed by atoms with E-state index in [-0.39, 0.29) is 0 Å². The third kappa shape index (κ3) is 6.16. The van der Waals surface area contributed by atoms with E-state index in [1.807, 2.05) is 0 Å². The van der Waals surface area contributed by atoms with Crippen molar-refractivity contribution < 1.29 is 0 Å². The number of benzene rings is 7. The van der Waals surface area contributed by atoms with Gasteiger partial charge in [0.15, 0.2) is 0 Å². The summed E-state index contributed by atoms with van der Waals surface area (Å²) in [4.78, 5) is 4.73. The first-order chi connectivity index (χ1) is 25.8. The van der Waals surface area contributed by atoms with Gasteiger partial charge in [0.2, 0.25) is 0 Å². The molecule has 0 N–H and O–H groups in total. The highest BCUT2D eigenvalue weighted by atomic mass is 15.2. The second-order valence-corrected chi connectivity index (χ2v) is 13.4. The topological polar surface area (TPSA) is 6.48 Å². The number of anilines is 6. The largest absolute Gasteiger partial charge is 0.310 e. The third-order valence-electron chi connectivity index (χ3n) is 10.1. The monoisotopic (exact) mass is 666 g/mol. The summed E-state index contributed by atoms with van der Waals surface area (Å²) in [5, 5.41) is 2.48. The van der Waals surface area contributed by atoms with Crippen LogP contribution in [0.1, 0.15) is 12.0 Å². The summed E-state index contributed by atoms with van der Waals surface area (Å²) in [7, 11) is 0. The minimum absolute atomic E-state index is 0.453. The number of rotatable bonds is 8. The predicted octanol–water partition coefficient (Wildman–Crippen LogP) is 13.9. The molecule has 0 saturated carbocycles. The summed E-state index contributed by atoms with van der Waals surface area (Å²) in [5.41, 5.74) is 12.9. The van der Waals surface area contributed by atoms with Gasteiger partial charge in [-0.15, -0.1) is 0 Å². The number of nitrogens with zero attached hydrogens (tertiary/aromatic N) is 2. The van der Waals surface area contributed by atoms with Crippen molar-refractivity contribution in [3.8, 4) is 11.1 Å². The predicted molar refractivity (Wildman–Crippen MR) is 221 cm³/mol. The second kappa shape index (κ2) is 13.9. The van der Waals surface area contributed by atoms with Gasteiger partial charge in [-0.05, 0) is 112 Å². The Bertz CT molecular complexity index is 2470. The van der Waals surface area contributed by atoms with Crippen molar-refractivity contribution in [2.45, 2.75) is 6.42 Å². The molecule has 7 aromatic carbocycles. The van der Waals surface area contributed by atoms with Crippen molar-refractivity contribution in [1.82, 2.24) is 0 Å². The van der Waals surface area contributed by atoms with E-state index in [0.717, 1.165) is 40.5 Å². The van der Waals surface area contributed by atoms with Crippen molar-refractivity contribution in [2.75, 3.05) is 9.80 Å². The molecule has 0 saturated heterocycles. The van der Waals surface area contributed by atoms with Gasteiger partial charge in [0.05, 0.1) is 0 Å². The van der Waals surface area contributed by atoms with Crippen LogP contribution in [0.4, 0.5) is 34.1 Å². The maximum absolute atomic E-state index is 2.41. The van der Waals surface area contributed by atoms with Crippen molar-refractivity contribution in [3.05, 3.63) is 224 Å². The Morgan fingerprint density at radius 2 is 1.02 bits per heavy atom. The van der Waals surface area contributed by atoms with E-state index >= 15 is 0 Å². The molecule has 0 radical (unpaired) electrons. The van der Waals surface area contributed by atoms with Gasteiger partial charge in [0, 0.05) is 40.0 Å². The molecule has 2 heteroatoms. The average molecular weight is 667 g/mol. The maximum atomic E-state index is 2.41. The molecule has 0 aromatic heterocycles. The van der Waals surface area contributed by atoms with Crippen LogP contribution in [0.3, 0.4) is 0 Å². The van der Waals surface area contributed by atoms with Crippen LogP contribution in [0, 0.1) is 5.92 Å². The number of fused-ring (bicyclic) bond motifs is 2. The van der Waals surface area contributed by atoms with E-state index in [9.17, 15) is 0 Å². The van der Waals surface area contributed by atoms with Crippen LogP contribution in [0.15, 0.2) is 218 Å². The molecule has 0 aliphatic heterocycles. The van der Waals surface area contributed by atoms with Gasteiger partial charge in [-0.2, -0.15) is 0 Å². The summed E-state index contributed by atoms with van der Waals surface area (Å²) < 4.78 is 0. The van der Waals surface area contributed by atoms with Crippen LogP contribution in [0.2, 0.25) is 0 Å². The second-order valence-electron chi connectivity index (χ2n) is 13.4. The molecule has 0 fully saturated rings. The highest BCUT2D eigenvalue weighted by Gasteiger charge is 2.21. The SMILES string of the molecule is C1=CC2=CC(c3cc(N(c4ccccc4)c4cccc(N(c5ccccc5)c5ccc(-c6ccccc6)cc5)c4)cc4ccccc34)=CCC2C=C1. The fraction of sp³-hybridized carbons (Fsp3) is 0.0400. The minimum Gasteiger partial charge on any atom is -0.310 e. The lowest BCUT2D eigenvalue weighted by molar-refractivity contribution is 0.783. The molecule has 52 heavy (non-hydrogen) atoms. The Hall–Kier alpha value is -6.64. The van der Waals surface area contributed by atoms with Gasteiger partial charge < -0.3 is 9.80 Å². The van der Waals surface area contributed by atoms with Crippen LogP contribution in [-0.4, -0.2) is 0 Å². The fourth-order valence-corrected chi connectivity index (χ4v) is 7.57. The van der Waals surface area contributed by atoms with Crippen LogP contribution >= 0.6 is 0 Å². The zero-order valence-electron chi connectivity index (χ0n) is 28.9. The molecule has 0 spiro atoms. The van der Waals surface area contributed by atoms with Crippen LogP contribution in [0.25, 0.3) is 27.5 Å². The Morgan fingerprint density at radius 1 is 0.442 bits per heavy atom. The van der Waals surface area contributed by atoms with Gasteiger partial charge in [-0.3, -0.25) is 0 Å². The Labute approximate surface area is 306 Å².